The smallest absolute Gasteiger partial charge is 0.303 e. The third kappa shape index (κ3) is 5.31. The lowest BCUT2D eigenvalue weighted by Crippen LogP contribution is -2.67. The standard InChI is InChI=1S/C30H35NO11/c1-14(32)37-13-23-26(38-15(2)33)27(39-16(3)34)24(31-28(35)21-6-4-5-7-22(21)29(31)36)30(40-23)42-41-25-19-9-17-8-18(11-19)12-20(25)10-17/h4-7,17-20,23-27,30H,8-13H2,1-3H3/t17?,18?,19?,20?,23-,24-,25?,26-,27-,30+/m1/s1. The van der Waals surface area contributed by atoms with E-state index >= 15 is 0 Å². The van der Waals surface area contributed by atoms with Crippen LogP contribution in [0.25, 0.3) is 0 Å². The summed E-state index contributed by atoms with van der Waals surface area (Å²) in [5, 5.41) is 0. The fourth-order valence-electron chi connectivity index (χ4n) is 7.87. The number of esters is 3. The van der Waals surface area contributed by atoms with E-state index in [0.29, 0.717) is 23.7 Å². The van der Waals surface area contributed by atoms with Gasteiger partial charge in [-0.15, -0.1) is 0 Å². The largest absolute Gasteiger partial charge is 0.463 e. The Hall–Kier alpha value is -3.35. The van der Waals surface area contributed by atoms with Crippen molar-refractivity contribution in [3.05, 3.63) is 35.4 Å². The predicted octanol–water partition coefficient (Wildman–Crippen LogP) is 2.58. The number of rotatable bonds is 8. The van der Waals surface area contributed by atoms with Crippen molar-refractivity contribution in [1.82, 2.24) is 4.90 Å². The van der Waals surface area contributed by atoms with Gasteiger partial charge in [0.1, 0.15) is 18.8 Å². The number of carbonyl (C=O) groups excluding carboxylic acids is 5. The normalized spacial score (nSPS) is 36.5. The number of hydrogen-bond donors (Lipinski definition) is 0. The fourth-order valence-corrected chi connectivity index (χ4v) is 7.87. The second kappa shape index (κ2) is 11.4. The van der Waals surface area contributed by atoms with Crippen molar-refractivity contribution in [1.29, 1.82) is 0 Å². The lowest BCUT2D eigenvalue weighted by Gasteiger charge is -2.53. The van der Waals surface area contributed by atoms with E-state index in [1.165, 1.54) is 25.5 Å². The van der Waals surface area contributed by atoms with Gasteiger partial charge in [0.2, 0.25) is 6.29 Å². The zero-order valence-electron chi connectivity index (χ0n) is 23.8. The van der Waals surface area contributed by atoms with Gasteiger partial charge in [0.05, 0.1) is 17.2 Å². The summed E-state index contributed by atoms with van der Waals surface area (Å²) in [5.41, 5.74) is 0.326. The minimum atomic E-state index is -1.46. The Bertz CT molecular complexity index is 1220. The number of fused-ring (bicyclic) bond motifs is 1. The average molecular weight is 586 g/mol. The zero-order chi connectivity index (χ0) is 29.7. The molecule has 6 aliphatic rings. The lowest BCUT2D eigenvalue weighted by molar-refractivity contribution is -0.445. The van der Waals surface area contributed by atoms with Crippen LogP contribution >= 0.6 is 0 Å². The molecule has 0 N–H and O–H groups in total. The molecule has 1 aromatic carbocycles. The van der Waals surface area contributed by atoms with Gasteiger partial charge in [0.25, 0.3) is 11.8 Å². The Labute approximate surface area is 242 Å². The molecule has 5 atom stereocenters. The average Bonchev–Trinajstić information content (AvgIpc) is 3.17. The lowest BCUT2D eigenvalue weighted by atomic mass is 9.55. The molecule has 2 amide bonds. The van der Waals surface area contributed by atoms with Gasteiger partial charge in [0.15, 0.2) is 12.2 Å². The molecule has 0 radical (unpaired) electrons. The summed E-state index contributed by atoms with van der Waals surface area (Å²) in [5.74, 6) is -1.39. The summed E-state index contributed by atoms with van der Waals surface area (Å²) in [7, 11) is 0. The van der Waals surface area contributed by atoms with Crippen LogP contribution in [0.1, 0.15) is 73.6 Å². The maximum absolute atomic E-state index is 13.7. The minimum Gasteiger partial charge on any atom is -0.463 e. The molecule has 4 saturated carbocycles. The summed E-state index contributed by atoms with van der Waals surface area (Å²) in [6.07, 6.45) is -0.134. The summed E-state index contributed by atoms with van der Waals surface area (Å²) >= 11 is 0. The van der Waals surface area contributed by atoms with Crippen LogP contribution in [0.5, 0.6) is 0 Å². The van der Waals surface area contributed by atoms with Crippen molar-refractivity contribution in [3.8, 4) is 0 Å². The Morgan fingerprint density at radius 3 is 1.83 bits per heavy atom. The monoisotopic (exact) mass is 585 g/mol. The van der Waals surface area contributed by atoms with E-state index in [1.54, 1.807) is 12.1 Å². The van der Waals surface area contributed by atoms with Crippen molar-refractivity contribution in [2.45, 2.75) is 89.6 Å². The Balaban J connectivity index is 1.35. The molecule has 7 rings (SSSR count). The van der Waals surface area contributed by atoms with E-state index in [-0.39, 0.29) is 23.8 Å². The van der Waals surface area contributed by atoms with Crippen molar-refractivity contribution >= 4 is 29.7 Å². The van der Waals surface area contributed by atoms with Crippen LogP contribution in [0.15, 0.2) is 24.3 Å². The van der Waals surface area contributed by atoms with E-state index in [4.69, 9.17) is 28.7 Å². The molecule has 2 heterocycles. The highest BCUT2D eigenvalue weighted by Gasteiger charge is 2.58. The molecule has 2 aliphatic heterocycles. The van der Waals surface area contributed by atoms with Gasteiger partial charge in [-0.1, -0.05) is 12.1 Å². The molecule has 4 aliphatic carbocycles. The summed E-state index contributed by atoms with van der Waals surface area (Å²) in [4.78, 5) is 76.6. The van der Waals surface area contributed by atoms with E-state index in [9.17, 15) is 24.0 Å². The molecule has 5 fully saturated rings. The molecule has 4 bridgehead atoms. The molecule has 12 heteroatoms. The maximum Gasteiger partial charge on any atom is 0.303 e. The van der Waals surface area contributed by atoms with E-state index in [0.717, 1.165) is 44.4 Å². The second-order valence-corrected chi connectivity index (χ2v) is 12.1. The third-order valence-corrected chi connectivity index (χ3v) is 9.19. The van der Waals surface area contributed by atoms with Crippen molar-refractivity contribution in [2.24, 2.45) is 23.7 Å². The zero-order valence-corrected chi connectivity index (χ0v) is 23.8. The van der Waals surface area contributed by atoms with Crippen LogP contribution < -0.4 is 0 Å². The topological polar surface area (TPSA) is 144 Å². The van der Waals surface area contributed by atoms with Gasteiger partial charge in [-0.05, 0) is 67.9 Å². The number of imide groups is 1. The van der Waals surface area contributed by atoms with Gasteiger partial charge >= 0.3 is 17.9 Å². The van der Waals surface area contributed by atoms with Crippen molar-refractivity contribution in [2.75, 3.05) is 6.61 Å². The molecule has 0 aromatic heterocycles. The number of nitrogens with zero attached hydrogens (tertiary/aromatic N) is 1. The fraction of sp³-hybridized carbons (Fsp3) is 0.633. The number of ether oxygens (including phenoxy) is 4. The highest BCUT2D eigenvalue weighted by atomic mass is 17.2. The highest BCUT2D eigenvalue weighted by molar-refractivity contribution is 6.21. The van der Waals surface area contributed by atoms with Crippen LogP contribution in [0.3, 0.4) is 0 Å². The number of hydrogen-bond acceptors (Lipinski definition) is 11. The summed E-state index contributed by atoms with van der Waals surface area (Å²) < 4.78 is 22.6. The minimum absolute atomic E-state index is 0.163. The molecular formula is C30H35NO11. The van der Waals surface area contributed by atoms with Crippen molar-refractivity contribution in [3.63, 3.8) is 0 Å². The molecule has 1 aromatic rings. The first-order valence-electron chi connectivity index (χ1n) is 14.5. The van der Waals surface area contributed by atoms with Crippen LogP contribution in [0.2, 0.25) is 0 Å². The van der Waals surface area contributed by atoms with Gasteiger partial charge in [-0.25, -0.2) is 9.78 Å². The van der Waals surface area contributed by atoms with Crippen LogP contribution in [-0.4, -0.2) is 78.0 Å². The van der Waals surface area contributed by atoms with Gasteiger partial charge in [-0.3, -0.25) is 28.9 Å². The molecule has 42 heavy (non-hydrogen) atoms. The van der Waals surface area contributed by atoms with Crippen LogP contribution in [-0.2, 0) is 43.1 Å². The second-order valence-electron chi connectivity index (χ2n) is 12.1. The number of benzene rings is 1. The quantitative estimate of drug-likeness (QED) is 0.146. The Kier molecular flexibility index (Phi) is 7.79. The summed E-state index contributed by atoms with van der Waals surface area (Å²) in [6.45, 7) is 3.14. The molecule has 12 nitrogen and oxygen atoms in total. The molecule has 0 spiro atoms. The molecule has 1 saturated heterocycles. The van der Waals surface area contributed by atoms with E-state index in [1.807, 2.05) is 0 Å². The summed E-state index contributed by atoms with van der Waals surface area (Å²) in [6, 6.07) is 4.92. The molecule has 226 valence electrons. The Morgan fingerprint density at radius 1 is 0.762 bits per heavy atom. The van der Waals surface area contributed by atoms with Crippen LogP contribution in [0, 0.1) is 23.7 Å². The number of amides is 2. The van der Waals surface area contributed by atoms with Crippen LogP contribution in [0.4, 0.5) is 0 Å². The third-order valence-electron chi connectivity index (χ3n) is 9.19. The Morgan fingerprint density at radius 2 is 1.31 bits per heavy atom. The van der Waals surface area contributed by atoms with Gasteiger partial charge in [-0.2, -0.15) is 0 Å². The first kappa shape index (κ1) is 28.8. The predicted molar refractivity (Wildman–Crippen MR) is 140 cm³/mol. The van der Waals surface area contributed by atoms with Gasteiger partial charge < -0.3 is 18.9 Å². The van der Waals surface area contributed by atoms with E-state index < -0.39 is 60.4 Å². The van der Waals surface area contributed by atoms with Gasteiger partial charge in [0, 0.05) is 20.8 Å². The van der Waals surface area contributed by atoms with Crippen molar-refractivity contribution < 1.29 is 52.7 Å². The maximum atomic E-state index is 13.7. The molecular weight excluding hydrogens is 550 g/mol. The highest BCUT2D eigenvalue weighted by Crippen LogP contribution is 2.55. The molecule has 0 unspecified atom stereocenters. The first-order chi connectivity index (χ1) is 20.1. The van der Waals surface area contributed by atoms with E-state index in [2.05, 4.69) is 0 Å². The first-order valence-corrected chi connectivity index (χ1v) is 14.5. The number of carbonyl (C=O) groups is 5. The SMILES string of the molecule is CC(=O)OC[C@H]1O[C@@H](OOC2C3CC4CC(C3)CC2C4)[C@H](N2C(=O)c3ccccc3C2=O)[C@@H](OC(C)=O)[C@@H]1OC(C)=O.